The number of nitrogens with zero attached hydrogens (tertiary/aromatic N) is 5. The van der Waals surface area contributed by atoms with Gasteiger partial charge >= 0.3 is 0 Å². The topological polar surface area (TPSA) is 81.7 Å². The molecule has 3 aromatic heterocycles. The first-order valence-electron chi connectivity index (χ1n) is 8.97. The molecule has 1 aromatic carbocycles. The molecular weight excluding hydrogens is 376 g/mol. The molecular formula is C20H23ClN6O. The van der Waals surface area contributed by atoms with Crippen molar-refractivity contribution in [3.63, 3.8) is 0 Å². The fourth-order valence-electron chi connectivity index (χ4n) is 3.19. The average Bonchev–Trinajstić information content (AvgIpc) is 3.26. The number of fused-ring (bicyclic) bond motifs is 1. The summed E-state index contributed by atoms with van der Waals surface area (Å²) in [5.74, 6) is 1.17. The van der Waals surface area contributed by atoms with Gasteiger partial charge in [-0.25, -0.2) is 4.98 Å². The maximum absolute atomic E-state index is 5.61. The van der Waals surface area contributed by atoms with E-state index >= 15 is 0 Å². The molecule has 1 N–H and O–H groups in total. The van der Waals surface area contributed by atoms with Gasteiger partial charge in [-0.1, -0.05) is 35.5 Å². The second-order valence-corrected chi connectivity index (χ2v) is 6.74. The number of likely N-dealkylation sites (N-methyl/N-ethyl adjacent to an activating group) is 1. The highest BCUT2D eigenvalue weighted by Crippen LogP contribution is 2.32. The van der Waals surface area contributed by atoms with E-state index in [2.05, 4.69) is 27.5 Å². The zero-order valence-corrected chi connectivity index (χ0v) is 17.1. The molecule has 0 amide bonds. The number of aryl methyl sites for hydroxylation is 2. The molecule has 0 spiro atoms. The highest BCUT2D eigenvalue weighted by molar-refractivity contribution is 5.95. The van der Waals surface area contributed by atoms with Crippen LogP contribution in [0.4, 0.5) is 0 Å². The molecule has 4 rings (SSSR count). The Balaban J connectivity index is 0.00000225. The molecule has 28 heavy (non-hydrogen) atoms. The van der Waals surface area contributed by atoms with Crippen LogP contribution in [0.1, 0.15) is 18.4 Å². The Hall–Kier alpha value is -2.77. The molecule has 0 aliphatic carbocycles. The summed E-state index contributed by atoms with van der Waals surface area (Å²) in [6, 6.07) is 12.3. The Kier molecular flexibility index (Phi) is 5.76. The monoisotopic (exact) mass is 398 g/mol. The number of pyridine rings is 1. The summed E-state index contributed by atoms with van der Waals surface area (Å²) in [5, 5.41) is 12.8. The van der Waals surface area contributed by atoms with Crippen molar-refractivity contribution in [2.45, 2.75) is 26.3 Å². The molecule has 0 bridgehead atoms. The number of hydrogen-bond acceptors (Lipinski definition) is 6. The van der Waals surface area contributed by atoms with Crippen LogP contribution in [0.25, 0.3) is 33.7 Å². The minimum atomic E-state index is 0. The molecule has 0 radical (unpaired) electrons. The van der Waals surface area contributed by atoms with Crippen LogP contribution in [-0.4, -0.2) is 38.0 Å². The lowest BCUT2D eigenvalue weighted by atomic mass is 10.1. The predicted octanol–water partition coefficient (Wildman–Crippen LogP) is 3.57. The fraction of sp³-hybridized carbons (Fsp3) is 0.300. The van der Waals surface area contributed by atoms with Gasteiger partial charge in [0.2, 0.25) is 0 Å². The first kappa shape index (κ1) is 20.0. The van der Waals surface area contributed by atoms with Crippen LogP contribution >= 0.6 is 12.4 Å². The Morgan fingerprint density at radius 3 is 2.64 bits per heavy atom. The van der Waals surface area contributed by atoms with E-state index in [0.717, 1.165) is 33.5 Å². The van der Waals surface area contributed by atoms with E-state index in [1.807, 2.05) is 57.4 Å². The van der Waals surface area contributed by atoms with Gasteiger partial charge in [-0.3, -0.25) is 4.68 Å². The van der Waals surface area contributed by atoms with Crippen molar-refractivity contribution in [1.29, 1.82) is 0 Å². The Morgan fingerprint density at radius 1 is 1.18 bits per heavy atom. The van der Waals surface area contributed by atoms with Gasteiger partial charge in [0.25, 0.3) is 5.89 Å². The van der Waals surface area contributed by atoms with Crippen LogP contribution < -0.4 is 5.32 Å². The summed E-state index contributed by atoms with van der Waals surface area (Å²) in [5.41, 5.74) is 4.43. The Bertz CT molecular complexity index is 1090. The molecule has 7 nitrogen and oxygen atoms in total. The van der Waals surface area contributed by atoms with Crippen LogP contribution in [0.3, 0.4) is 0 Å². The Labute approximate surface area is 169 Å². The molecule has 8 heteroatoms. The van der Waals surface area contributed by atoms with Crippen LogP contribution in [0.15, 0.2) is 40.9 Å². The second-order valence-electron chi connectivity index (χ2n) is 6.74. The van der Waals surface area contributed by atoms with Crippen LogP contribution in [-0.2, 0) is 13.5 Å². The third-order valence-corrected chi connectivity index (χ3v) is 4.72. The molecule has 0 fully saturated rings. The van der Waals surface area contributed by atoms with Gasteiger partial charge in [0.15, 0.2) is 11.5 Å². The summed E-state index contributed by atoms with van der Waals surface area (Å²) in [7, 11) is 3.82. The van der Waals surface area contributed by atoms with Gasteiger partial charge in [-0.05, 0) is 27.0 Å². The molecule has 4 aromatic rings. The van der Waals surface area contributed by atoms with E-state index in [-0.39, 0.29) is 18.4 Å². The Morgan fingerprint density at radius 2 is 1.93 bits per heavy atom. The standard InChI is InChI=1S/C20H22N6O.ClH/c1-12(21-3)10-17-23-20(27-25-17)15-11-16(14-8-6-5-7-9-14)22-19-18(15)13(2)24-26(19)4;/h5-9,11-12,21H,10H2,1-4H3;1H. The van der Waals surface area contributed by atoms with Crippen molar-refractivity contribution in [2.75, 3.05) is 7.05 Å². The lowest BCUT2D eigenvalue weighted by molar-refractivity contribution is 0.418. The molecule has 0 saturated heterocycles. The summed E-state index contributed by atoms with van der Waals surface area (Å²) in [6.07, 6.45) is 0.700. The highest BCUT2D eigenvalue weighted by Gasteiger charge is 2.20. The lowest BCUT2D eigenvalue weighted by Gasteiger charge is -2.06. The lowest BCUT2D eigenvalue weighted by Crippen LogP contribution is -2.24. The number of nitrogens with one attached hydrogen (secondary N) is 1. The molecule has 0 aliphatic rings. The fourth-order valence-corrected chi connectivity index (χ4v) is 3.19. The molecule has 0 aliphatic heterocycles. The maximum Gasteiger partial charge on any atom is 0.258 e. The molecule has 3 heterocycles. The smallest absolute Gasteiger partial charge is 0.258 e. The van der Waals surface area contributed by atoms with Gasteiger partial charge in [0.05, 0.1) is 22.3 Å². The zero-order valence-electron chi connectivity index (χ0n) is 16.3. The average molecular weight is 399 g/mol. The van der Waals surface area contributed by atoms with Gasteiger partial charge in [0.1, 0.15) is 0 Å². The van der Waals surface area contributed by atoms with Crippen molar-refractivity contribution in [3.8, 4) is 22.7 Å². The molecule has 0 saturated carbocycles. The highest BCUT2D eigenvalue weighted by atomic mass is 35.5. The van der Waals surface area contributed by atoms with Gasteiger partial charge < -0.3 is 9.84 Å². The van der Waals surface area contributed by atoms with E-state index in [9.17, 15) is 0 Å². The summed E-state index contributed by atoms with van der Waals surface area (Å²) in [4.78, 5) is 9.44. The first-order valence-corrected chi connectivity index (χ1v) is 8.97. The first-order chi connectivity index (χ1) is 13.1. The quantitative estimate of drug-likeness (QED) is 0.553. The van der Waals surface area contributed by atoms with Crippen LogP contribution in [0, 0.1) is 6.92 Å². The van der Waals surface area contributed by atoms with E-state index < -0.39 is 0 Å². The number of benzene rings is 1. The maximum atomic E-state index is 5.61. The van der Waals surface area contributed by atoms with Crippen molar-refractivity contribution in [2.24, 2.45) is 7.05 Å². The van der Waals surface area contributed by atoms with E-state index in [0.29, 0.717) is 18.1 Å². The molecule has 1 atom stereocenters. The van der Waals surface area contributed by atoms with Crippen molar-refractivity contribution in [1.82, 2.24) is 30.2 Å². The summed E-state index contributed by atoms with van der Waals surface area (Å²) < 4.78 is 7.40. The molecule has 146 valence electrons. The third kappa shape index (κ3) is 3.63. The third-order valence-electron chi connectivity index (χ3n) is 4.72. The van der Waals surface area contributed by atoms with Crippen molar-refractivity contribution >= 4 is 23.4 Å². The van der Waals surface area contributed by atoms with Crippen LogP contribution in [0.5, 0.6) is 0 Å². The number of aromatic nitrogens is 5. The van der Waals surface area contributed by atoms with Crippen LogP contribution in [0.2, 0.25) is 0 Å². The number of hydrogen-bond donors (Lipinski definition) is 1. The second kappa shape index (κ2) is 8.08. The predicted molar refractivity (Wildman–Crippen MR) is 111 cm³/mol. The van der Waals surface area contributed by atoms with Gasteiger partial charge in [-0.2, -0.15) is 10.1 Å². The summed E-state index contributed by atoms with van der Waals surface area (Å²) in [6.45, 7) is 4.05. The SMILES string of the molecule is CNC(C)Cc1noc(-c2cc(-c3ccccc3)nc3c2c(C)nn3C)n1.Cl. The molecule has 1 unspecified atom stereocenters. The number of halogens is 1. The largest absolute Gasteiger partial charge is 0.334 e. The summed E-state index contributed by atoms with van der Waals surface area (Å²) >= 11 is 0. The van der Waals surface area contributed by atoms with E-state index in [1.165, 1.54) is 0 Å². The van der Waals surface area contributed by atoms with Gasteiger partial charge in [-0.15, -0.1) is 12.4 Å². The number of rotatable bonds is 5. The van der Waals surface area contributed by atoms with E-state index in [1.54, 1.807) is 4.68 Å². The van der Waals surface area contributed by atoms with E-state index in [4.69, 9.17) is 9.51 Å². The zero-order chi connectivity index (χ0) is 19.0. The van der Waals surface area contributed by atoms with Crippen molar-refractivity contribution in [3.05, 3.63) is 47.9 Å². The minimum absolute atomic E-state index is 0. The van der Waals surface area contributed by atoms with Crippen molar-refractivity contribution < 1.29 is 4.52 Å². The van der Waals surface area contributed by atoms with Gasteiger partial charge in [0, 0.05) is 25.1 Å². The normalized spacial score (nSPS) is 12.1. The minimum Gasteiger partial charge on any atom is -0.334 e.